The Morgan fingerprint density at radius 1 is 1.29 bits per heavy atom. The Morgan fingerprint density at radius 3 is 2.57 bits per heavy atom. The van der Waals surface area contributed by atoms with Gasteiger partial charge in [0.05, 0.1) is 6.61 Å². The molecule has 0 unspecified atom stereocenters. The highest BCUT2D eigenvalue weighted by atomic mass is 16.6. The van der Waals surface area contributed by atoms with Crippen molar-refractivity contribution >= 4 is 17.8 Å². The number of hydrogen-bond acceptors (Lipinski definition) is 5. The number of rotatable bonds is 4. The van der Waals surface area contributed by atoms with Crippen LogP contribution in [0.2, 0.25) is 0 Å². The van der Waals surface area contributed by atoms with Crippen LogP contribution in [0.15, 0.2) is 11.6 Å². The van der Waals surface area contributed by atoms with Crippen LogP contribution in [-0.2, 0) is 23.9 Å². The Hall–Kier alpha value is -1.85. The number of allylic oxidation sites excluding steroid dienone is 1. The summed E-state index contributed by atoms with van der Waals surface area (Å²) < 4.78 is 11.4. The van der Waals surface area contributed by atoms with Crippen LogP contribution in [0.1, 0.15) is 60.8 Å². The van der Waals surface area contributed by atoms with E-state index in [0.717, 1.165) is 24.8 Å². The average Bonchev–Trinajstić information content (AvgIpc) is 2.97. The third-order valence-electron chi connectivity index (χ3n) is 7.29. The summed E-state index contributed by atoms with van der Waals surface area (Å²) in [6.45, 7) is 12.2. The normalized spacial score (nSPS) is 34.6. The Balaban J connectivity index is 1.91. The maximum absolute atomic E-state index is 13.0. The van der Waals surface area contributed by atoms with Crippen LogP contribution in [0.5, 0.6) is 0 Å². The van der Waals surface area contributed by atoms with Gasteiger partial charge in [-0.15, -0.1) is 0 Å². The topological polar surface area (TPSA) is 81.7 Å². The van der Waals surface area contributed by atoms with E-state index in [-0.39, 0.29) is 46.6 Å². The first-order valence-corrected chi connectivity index (χ1v) is 10.3. The van der Waals surface area contributed by atoms with Gasteiger partial charge in [0.1, 0.15) is 12.1 Å². The van der Waals surface area contributed by atoms with Crippen molar-refractivity contribution in [3.05, 3.63) is 11.6 Å². The molecule has 5 atom stereocenters. The Labute approximate surface area is 167 Å². The molecule has 0 radical (unpaired) electrons. The Bertz CT molecular complexity index is 710. The zero-order valence-electron chi connectivity index (χ0n) is 17.8. The summed E-state index contributed by atoms with van der Waals surface area (Å²) in [5.74, 6) is -0.726. The molecule has 156 valence electrons. The molecular weight excluding hydrogens is 358 g/mol. The van der Waals surface area contributed by atoms with Crippen LogP contribution in [-0.4, -0.2) is 36.6 Å². The third kappa shape index (κ3) is 3.35. The summed E-state index contributed by atoms with van der Waals surface area (Å²) in [5, 5.41) is 2.72. The van der Waals surface area contributed by atoms with E-state index in [2.05, 4.69) is 26.1 Å². The summed E-state index contributed by atoms with van der Waals surface area (Å²) in [7, 11) is 0. The van der Waals surface area contributed by atoms with Gasteiger partial charge in [-0.05, 0) is 36.5 Å². The lowest BCUT2D eigenvalue weighted by Gasteiger charge is -2.58. The number of nitrogens with one attached hydrogen (secondary N) is 1. The van der Waals surface area contributed by atoms with Gasteiger partial charge in [-0.25, -0.2) is 9.59 Å². The maximum Gasteiger partial charge on any atom is 0.334 e. The minimum Gasteiger partial charge on any atom is -0.462 e. The number of fused-ring (bicyclic) bond motifs is 3. The lowest BCUT2D eigenvalue weighted by atomic mass is 9.48. The summed E-state index contributed by atoms with van der Waals surface area (Å²) in [6.07, 6.45) is 4.21. The predicted octanol–water partition coefficient (Wildman–Crippen LogP) is 3.00. The lowest BCUT2D eigenvalue weighted by molar-refractivity contribution is -0.183. The number of hydrogen-bond donors (Lipinski definition) is 1. The molecule has 0 spiro atoms. The molecule has 3 rings (SSSR count). The largest absolute Gasteiger partial charge is 0.462 e. The number of cyclic esters (lactones) is 1. The quantitative estimate of drug-likeness (QED) is 0.745. The van der Waals surface area contributed by atoms with Crippen molar-refractivity contribution in [3.63, 3.8) is 0 Å². The Morgan fingerprint density at radius 2 is 1.96 bits per heavy atom. The summed E-state index contributed by atoms with van der Waals surface area (Å²) in [5.41, 5.74) is 0.450. The van der Waals surface area contributed by atoms with Crippen molar-refractivity contribution in [2.45, 2.75) is 73.0 Å². The van der Waals surface area contributed by atoms with Crippen molar-refractivity contribution in [2.24, 2.45) is 28.6 Å². The SMILES string of the molecule is CC(=O)N[C@H](C(=O)O[C@@H]1CCC(C)(C)[C@@H]2CC=C3C(=O)OC[C@H]3[C@@]12C)C(C)C. The molecule has 0 bridgehead atoms. The van der Waals surface area contributed by atoms with Gasteiger partial charge in [-0.3, -0.25) is 4.79 Å². The molecule has 0 aromatic carbocycles. The first-order valence-electron chi connectivity index (χ1n) is 10.3. The fourth-order valence-electron chi connectivity index (χ4n) is 5.67. The Kier molecular flexibility index (Phi) is 5.36. The molecule has 6 nitrogen and oxygen atoms in total. The second-order valence-corrected chi connectivity index (χ2v) is 9.84. The second kappa shape index (κ2) is 7.20. The van der Waals surface area contributed by atoms with Gasteiger partial charge in [-0.1, -0.05) is 40.7 Å². The van der Waals surface area contributed by atoms with E-state index < -0.39 is 12.0 Å². The van der Waals surface area contributed by atoms with Crippen LogP contribution in [0, 0.1) is 28.6 Å². The minimum atomic E-state index is -0.672. The van der Waals surface area contributed by atoms with Crippen molar-refractivity contribution in [2.75, 3.05) is 6.61 Å². The van der Waals surface area contributed by atoms with E-state index in [4.69, 9.17) is 9.47 Å². The molecule has 2 fully saturated rings. The number of carbonyl (C=O) groups excluding carboxylic acids is 3. The molecule has 6 heteroatoms. The second-order valence-electron chi connectivity index (χ2n) is 9.84. The minimum absolute atomic E-state index is 0.0607. The molecule has 0 aromatic heterocycles. The van der Waals surface area contributed by atoms with E-state index in [1.54, 1.807) is 0 Å². The molecular formula is C22H33NO5. The van der Waals surface area contributed by atoms with Crippen molar-refractivity contribution < 1.29 is 23.9 Å². The third-order valence-corrected chi connectivity index (χ3v) is 7.29. The molecule has 2 aliphatic carbocycles. The van der Waals surface area contributed by atoms with Gasteiger partial charge in [0.2, 0.25) is 5.91 Å². The van der Waals surface area contributed by atoms with E-state index in [1.807, 2.05) is 19.9 Å². The molecule has 1 saturated heterocycles. The molecule has 0 aromatic rings. The van der Waals surface area contributed by atoms with E-state index in [0.29, 0.717) is 6.61 Å². The van der Waals surface area contributed by atoms with Gasteiger partial charge < -0.3 is 14.8 Å². The highest BCUT2D eigenvalue weighted by molar-refractivity contribution is 5.91. The molecule has 1 heterocycles. The standard InChI is InChI=1S/C22H33NO5/c1-12(2)18(23-13(3)24)20(26)28-17-9-10-21(4,5)16-8-7-14-15(22(16,17)6)11-27-19(14)25/h7,12,15-18H,8-11H2,1-6H3,(H,23,24)/t15-,16+,17-,18+,22-/m1/s1. The fourth-order valence-corrected chi connectivity index (χ4v) is 5.67. The number of esters is 2. The van der Waals surface area contributed by atoms with Crippen LogP contribution in [0.3, 0.4) is 0 Å². The molecule has 1 saturated carbocycles. The van der Waals surface area contributed by atoms with Crippen LogP contribution in [0.4, 0.5) is 0 Å². The van der Waals surface area contributed by atoms with Gasteiger partial charge in [0.25, 0.3) is 0 Å². The van der Waals surface area contributed by atoms with Gasteiger partial charge in [0.15, 0.2) is 0 Å². The maximum atomic E-state index is 13.0. The first kappa shape index (κ1) is 20.9. The highest BCUT2D eigenvalue weighted by Crippen LogP contribution is 2.61. The lowest BCUT2D eigenvalue weighted by Crippen LogP contribution is -2.58. The summed E-state index contributed by atoms with van der Waals surface area (Å²) in [6, 6.07) is -0.672. The summed E-state index contributed by atoms with van der Waals surface area (Å²) in [4.78, 5) is 36.7. The van der Waals surface area contributed by atoms with Crippen LogP contribution in [0.25, 0.3) is 0 Å². The van der Waals surface area contributed by atoms with Crippen molar-refractivity contribution in [1.82, 2.24) is 5.32 Å². The highest BCUT2D eigenvalue weighted by Gasteiger charge is 2.61. The zero-order chi connectivity index (χ0) is 20.9. The number of amides is 1. The number of carbonyl (C=O) groups is 3. The van der Waals surface area contributed by atoms with Crippen molar-refractivity contribution in [1.29, 1.82) is 0 Å². The molecule has 1 aliphatic heterocycles. The van der Waals surface area contributed by atoms with Gasteiger partial charge >= 0.3 is 11.9 Å². The molecule has 1 amide bonds. The first-order chi connectivity index (χ1) is 13.0. The zero-order valence-corrected chi connectivity index (χ0v) is 17.8. The fraction of sp³-hybridized carbons (Fsp3) is 0.773. The molecule has 3 aliphatic rings. The van der Waals surface area contributed by atoms with E-state index >= 15 is 0 Å². The van der Waals surface area contributed by atoms with E-state index in [1.165, 1.54) is 6.92 Å². The monoisotopic (exact) mass is 391 g/mol. The predicted molar refractivity (Wildman–Crippen MR) is 104 cm³/mol. The van der Waals surface area contributed by atoms with E-state index in [9.17, 15) is 14.4 Å². The van der Waals surface area contributed by atoms with Gasteiger partial charge in [-0.2, -0.15) is 0 Å². The molecule has 1 N–H and O–H groups in total. The smallest absolute Gasteiger partial charge is 0.334 e. The average molecular weight is 392 g/mol. The summed E-state index contributed by atoms with van der Waals surface area (Å²) >= 11 is 0. The molecule has 28 heavy (non-hydrogen) atoms. The van der Waals surface area contributed by atoms with Crippen LogP contribution < -0.4 is 5.32 Å². The number of ether oxygens (including phenoxy) is 2. The van der Waals surface area contributed by atoms with Crippen LogP contribution >= 0.6 is 0 Å². The van der Waals surface area contributed by atoms with Gasteiger partial charge in [0, 0.05) is 23.8 Å². The van der Waals surface area contributed by atoms with Crippen molar-refractivity contribution in [3.8, 4) is 0 Å².